The number of ether oxygens (including phenoxy) is 2. The Bertz CT molecular complexity index is 855. The molecule has 2 aromatic rings. The maximum Gasteiger partial charge on any atom is 0.586 e. The van der Waals surface area contributed by atoms with E-state index in [1.807, 2.05) is 19.1 Å². The monoisotopic (exact) mass is 362 g/mol. The van der Waals surface area contributed by atoms with Gasteiger partial charge in [0.15, 0.2) is 11.5 Å². The number of rotatable bonds is 5. The molecule has 3 rings (SSSR count). The number of nitrogens with one attached hydrogen (secondary N) is 2. The van der Waals surface area contributed by atoms with Crippen LogP contribution in [0.25, 0.3) is 0 Å². The van der Waals surface area contributed by atoms with Gasteiger partial charge in [0.1, 0.15) is 0 Å². The van der Waals surface area contributed by atoms with Crippen molar-refractivity contribution < 1.29 is 27.8 Å². The van der Waals surface area contributed by atoms with Gasteiger partial charge in [0.05, 0.1) is 0 Å². The zero-order valence-electron chi connectivity index (χ0n) is 13.8. The van der Waals surface area contributed by atoms with Crippen molar-refractivity contribution in [1.82, 2.24) is 5.32 Å². The lowest BCUT2D eigenvalue weighted by Crippen LogP contribution is -2.28. The number of carbonyl (C=O) groups is 2. The first-order valence-corrected chi connectivity index (χ1v) is 7.88. The minimum atomic E-state index is -3.70. The molecule has 0 bridgehead atoms. The zero-order valence-corrected chi connectivity index (χ0v) is 13.8. The van der Waals surface area contributed by atoms with Crippen LogP contribution in [0.3, 0.4) is 0 Å². The third-order valence-corrected chi connectivity index (χ3v) is 3.71. The Morgan fingerprint density at radius 1 is 1.08 bits per heavy atom. The Morgan fingerprint density at radius 3 is 2.58 bits per heavy atom. The van der Waals surface area contributed by atoms with Crippen LogP contribution in [0.4, 0.5) is 14.5 Å². The number of amides is 2. The van der Waals surface area contributed by atoms with Crippen LogP contribution in [0.5, 0.6) is 11.5 Å². The fourth-order valence-electron chi connectivity index (χ4n) is 2.46. The van der Waals surface area contributed by atoms with Crippen LogP contribution < -0.4 is 20.1 Å². The number of fused-ring (bicyclic) bond motifs is 1. The number of aryl methyl sites for hydroxylation is 1. The van der Waals surface area contributed by atoms with E-state index in [2.05, 4.69) is 20.1 Å². The SMILES string of the molecule is Cc1ccccc1C(=O)NCCC(=O)Nc1ccc2c(c1)OC(F)(F)O2. The second-order valence-corrected chi connectivity index (χ2v) is 5.70. The molecule has 6 nitrogen and oxygen atoms in total. The molecular weight excluding hydrogens is 346 g/mol. The molecule has 0 atom stereocenters. The average molecular weight is 362 g/mol. The molecule has 0 saturated heterocycles. The molecule has 2 amide bonds. The van der Waals surface area contributed by atoms with Gasteiger partial charge in [-0.2, -0.15) is 0 Å². The van der Waals surface area contributed by atoms with Gasteiger partial charge in [0.2, 0.25) is 5.91 Å². The third kappa shape index (κ3) is 4.08. The van der Waals surface area contributed by atoms with E-state index in [-0.39, 0.29) is 36.3 Å². The molecule has 1 aliphatic heterocycles. The summed E-state index contributed by atoms with van der Waals surface area (Å²) in [7, 11) is 0. The normalized spacial score (nSPS) is 14.0. The van der Waals surface area contributed by atoms with Crippen molar-refractivity contribution in [3.05, 3.63) is 53.6 Å². The summed E-state index contributed by atoms with van der Waals surface area (Å²) in [6.07, 6.45) is -3.67. The topological polar surface area (TPSA) is 76.7 Å². The van der Waals surface area contributed by atoms with Crippen molar-refractivity contribution in [2.24, 2.45) is 0 Å². The van der Waals surface area contributed by atoms with Crippen LogP contribution >= 0.6 is 0 Å². The van der Waals surface area contributed by atoms with Gasteiger partial charge in [0.25, 0.3) is 5.91 Å². The van der Waals surface area contributed by atoms with E-state index in [9.17, 15) is 18.4 Å². The number of hydrogen-bond donors (Lipinski definition) is 2. The van der Waals surface area contributed by atoms with E-state index in [0.29, 0.717) is 11.3 Å². The molecule has 8 heteroatoms. The Hall–Kier alpha value is -3.16. The lowest BCUT2D eigenvalue weighted by Gasteiger charge is -2.08. The zero-order chi connectivity index (χ0) is 18.7. The van der Waals surface area contributed by atoms with Gasteiger partial charge in [0, 0.05) is 30.3 Å². The largest absolute Gasteiger partial charge is 0.586 e. The van der Waals surface area contributed by atoms with Crippen LogP contribution in [-0.4, -0.2) is 24.7 Å². The highest BCUT2D eigenvalue weighted by molar-refractivity contribution is 5.96. The van der Waals surface area contributed by atoms with Gasteiger partial charge < -0.3 is 20.1 Å². The summed E-state index contributed by atoms with van der Waals surface area (Å²) < 4.78 is 34.5. The Balaban J connectivity index is 1.50. The molecule has 1 aliphatic rings. The van der Waals surface area contributed by atoms with Gasteiger partial charge in [-0.05, 0) is 30.7 Å². The number of halogens is 2. The van der Waals surface area contributed by atoms with Crippen molar-refractivity contribution in [2.75, 3.05) is 11.9 Å². The van der Waals surface area contributed by atoms with Crippen LogP contribution in [-0.2, 0) is 4.79 Å². The smallest absolute Gasteiger partial charge is 0.395 e. The highest BCUT2D eigenvalue weighted by Crippen LogP contribution is 2.42. The molecule has 136 valence electrons. The summed E-state index contributed by atoms with van der Waals surface area (Å²) in [5, 5.41) is 5.22. The van der Waals surface area contributed by atoms with Gasteiger partial charge in [-0.1, -0.05) is 18.2 Å². The van der Waals surface area contributed by atoms with E-state index in [0.717, 1.165) is 5.56 Å². The number of benzene rings is 2. The average Bonchev–Trinajstić information content (AvgIpc) is 2.88. The summed E-state index contributed by atoms with van der Waals surface area (Å²) in [5.74, 6) is -0.888. The summed E-state index contributed by atoms with van der Waals surface area (Å²) in [5.41, 5.74) is 1.68. The first-order valence-electron chi connectivity index (χ1n) is 7.88. The van der Waals surface area contributed by atoms with Crippen LogP contribution in [0.15, 0.2) is 42.5 Å². The standard InChI is InChI=1S/C18H16F2N2O4/c1-11-4-2-3-5-13(11)17(24)21-9-8-16(23)22-12-6-7-14-15(10-12)26-18(19,20)25-14/h2-7,10H,8-9H2,1H3,(H,21,24)(H,22,23). The number of carbonyl (C=O) groups excluding carboxylic acids is 2. The number of anilines is 1. The van der Waals surface area contributed by atoms with Gasteiger partial charge in [-0.3, -0.25) is 9.59 Å². The van der Waals surface area contributed by atoms with Crippen molar-refractivity contribution in [2.45, 2.75) is 19.6 Å². The van der Waals surface area contributed by atoms with Gasteiger partial charge in [-0.25, -0.2) is 0 Å². The van der Waals surface area contributed by atoms with Crippen molar-refractivity contribution in [1.29, 1.82) is 0 Å². The van der Waals surface area contributed by atoms with Crippen LogP contribution in [0.2, 0.25) is 0 Å². The third-order valence-electron chi connectivity index (χ3n) is 3.71. The van der Waals surface area contributed by atoms with E-state index in [4.69, 9.17) is 0 Å². The first-order chi connectivity index (χ1) is 12.3. The Labute approximate surface area is 148 Å². The van der Waals surface area contributed by atoms with Crippen molar-refractivity contribution in [3.8, 4) is 11.5 Å². The van der Waals surface area contributed by atoms with Crippen LogP contribution in [0, 0.1) is 6.92 Å². The first kappa shape index (κ1) is 17.7. The van der Waals surface area contributed by atoms with Gasteiger partial charge in [-0.15, -0.1) is 8.78 Å². The number of alkyl halides is 2. The molecule has 0 fully saturated rings. The summed E-state index contributed by atoms with van der Waals surface area (Å²) >= 11 is 0. The lowest BCUT2D eigenvalue weighted by atomic mass is 10.1. The minimum absolute atomic E-state index is 0.0300. The summed E-state index contributed by atoms with van der Waals surface area (Å²) in [4.78, 5) is 24.0. The quantitative estimate of drug-likeness (QED) is 0.857. The van der Waals surface area contributed by atoms with Crippen molar-refractivity contribution in [3.63, 3.8) is 0 Å². The fraction of sp³-hybridized carbons (Fsp3) is 0.222. The molecule has 0 saturated carbocycles. The van der Waals surface area contributed by atoms with Crippen molar-refractivity contribution >= 4 is 17.5 Å². The molecule has 2 N–H and O–H groups in total. The molecule has 0 radical (unpaired) electrons. The second kappa shape index (κ2) is 6.99. The maximum atomic E-state index is 13.0. The molecule has 0 unspecified atom stereocenters. The highest BCUT2D eigenvalue weighted by atomic mass is 19.3. The second-order valence-electron chi connectivity index (χ2n) is 5.70. The number of hydrogen-bond acceptors (Lipinski definition) is 4. The van der Waals surface area contributed by atoms with E-state index >= 15 is 0 Å². The molecule has 0 aromatic heterocycles. The van der Waals surface area contributed by atoms with E-state index in [1.54, 1.807) is 12.1 Å². The summed E-state index contributed by atoms with van der Waals surface area (Å²) in [6.45, 7) is 1.96. The molecule has 0 spiro atoms. The minimum Gasteiger partial charge on any atom is -0.395 e. The molecule has 0 aliphatic carbocycles. The molecule has 26 heavy (non-hydrogen) atoms. The fourth-order valence-corrected chi connectivity index (χ4v) is 2.46. The maximum absolute atomic E-state index is 13.0. The Morgan fingerprint density at radius 2 is 1.81 bits per heavy atom. The Kier molecular flexibility index (Phi) is 4.75. The predicted molar refractivity (Wildman–Crippen MR) is 89.4 cm³/mol. The molecular formula is C18H16F2N2O4. The molecule has 1 heterocycles. The van der Waals surface area contributed by atoms with Crippen LogP contribution in [0.1, 0.15) is 22.3 Å². The van der Waals surface area contributed by atoms with E-state index in [1.165, 1.54) is 18.2 Å². The highest BCUT2D eigenvalue weighted by Gasteiger charge is 2.43. The van der Waals surface area contributed by atoms with Gasteiger partial charge >= 0.3 is 6.29 Å². The predicted octanol–water partition coefficient (Wildman–Crippen LogP) is 3.08. The van der Waals surface area contributed by atoms with E-state index < -0.39 is 6.29 Å². The lowest BCUT2D eigenvalue weighted by molar-refractivity contribution is -0.286. The molecule has 2 aromatic carbocycles. The summed E-state index contributed by atoms with van der Waals surface area (Å²) in [6, 6.07) is 11.1.